The molecule has 0 aliphatic heterocycles. The van der Waals surface area contributed by atoms with Crippen LogP contribution < -0.4 is 10.9 Å². The number of thiophene rings is 1. The summed E-state index contributed by atoms with van der Waals surface area (Å²) in [5.41, 5.74) is 1.36. The van der Waals surface area contributed by atoms with Gasteiger partial charge in [-0.25, -0.2) is 4.98 Å². The highest BCUT2D eigenvalue weighted by atomic mass is 35.5. The minimum atomic E-state index is -0.361. The molecule has 0 fully saturated rings. The quantitative estimate of drug-likeness (QED) is 0.675. The molecule has 1 aliphatic carbocycles. The molecule has 0 bridgehead atoms. The van der Waals surface area contributed by atoms with Gasteiger partial charge in [0.2, 0.25) is 5.91 Å². The Balaban J connectivity index is 1.62. The molecule has 0 radical (unpaired) electrons. The Bertz CT molecular complexity index is 1110. The van der Waals surface area contributed by atoms with Crippen molar-refractivity contribution in [1.82, 2.24) is 9.55 Å². The van der Waals surface area contributed by atoms with E-state index in [2.05, 4.69) is 17.2 Å². The summed E-state index contributed by atoms with van der Waals surface area (Å²) in [7, 11) is 0. The third kappa shape index (κ3) is 3.61. The van der Waals surface area contributed by atoms with Gasteiger partial charge in [-0.1, -0.05) is 30.1 Å². The van der Waals surface area contributed by atoms with E-state index in [1.807, 2.05) is 0 Å². The zero-order chi connectivity index (χ0) is 19.1. The molecule has 5 nitrogen and oxygen atoms in total. The zero-order valence-corrected chi connectivity index (χ0v) is 16.9. The first-order chi connectivity index (χ1) is 12.9. The maximum atomic E-state index is 13.0. The van der Waals surface area contributed by atoms with Gasteiger partial charge in [-0.2, -0.15) is 0 Å². The van der Waals surface area contributed by atoms with Crippen molar-refractivity contribution in [2.45, 2.75) is 32.7 Å². The van der Waals surface area contributed by atoms with Crippen LogP contribution in [0.3, 0.4) is 0 Å². The smallest absolute Gasteiger partial charge is 0.262 e. The fraction of sp³-hybridized carbons (Fsp3) is 0.316. The van der Waals surface area contributed by atoms with Crippen LogP contribution in [0.4, 0.5) is 5.69 Å². The van der Waals surface area contributed by atoms with Gasteiger partial charge < -0.3 is 5.32 Å². The lowest BCUT2D eigenvalue weighted by atomic mass is 9.89. The Kier molecular flexibility index (Phi) is 4.97. The highest BCUT2D eigenvalue weighted by molar-refractivity contribution is 7.18. The molecule has 1 N–H and O–H groups in total. The minimum Gasteiger partial charge on any atom is -0.323 e. The number of aromatic nitrogens is 2. The normalized spacial score (nSPS) is 16.3. The topological polar surface area (TPSA) is 64.0 Å². The number of amides is 1. The number of halogens is 2. The molecule has 0 saturated carbocycles. The van der Waals surface area contributed by atoms with Gasteiger partial charge >= 0.3 is 0 Å². The number of carbonyl (C=O) groups excluding carboxylic acids is 1. The number of anilines is 1. The van der Waals surface area contributed by atoms with E-state index in [0.717, 1.165) is 29.7 Å². The molecule has 1 unspecified atom stereocenters. The second-order valence-electron chi connectivity index (χ2n) is 6.88. The van der Waals surface area contributed by atoms with Crippen molar-refractivity contribution in [3.05, 3.63) is 55.4 Å². The standard InChI is InChI=1S/C19H17Cl2N3O2S/c1-10-2-4-12-15(6-10)27-18-17(12)19(26)24(9-22-18)8-16(25)23-14-7-11(20)3-5-13(14)21/h3,5,7,9-10H,2,4,6,8H2,1H3,(H,23,25). The third-order valence-electron chi connectivity index (χ3n) is 4.80. The Morgan fingerprint density at radius 3 is 3.04 bits per heavy atom. The summed E-state index contributed by atoms with van der Waals surface area (Å²) >= 11 is 13.6. The van der Waals surface area contributed by atoms with Crippen molar-refractivity contribution in [3.8, 4) is 0 Å². The van der Waals surface area contributed by atoms with Crippen molar-refractivity contribution in [1.29, 1.82) is 0 Å². The van der Waals surface area contributed by atoms with E-state index >= 15 is 0 Å². The largest absolute Gasteiger partial charge is 0.323 e. The number of nitrogens with one attached hydrogen (secondary N) is 1. The van der Waals surface area contributed by atoms with Crippen LogP contribution in [-0.2, 0) is 24.2 Å². The molecular formula is C19H17Cl2N3O2S. The van der Waals surface area contributed by atoms with Gasteiger partial charge in [0, 0.05) is 9.90 Å². The van der Waals surface area contributed by atoms with Crippen LogP contribution in [0.5, 0.6) is 0 Å². The van der Waals surface area contributed by atoms with Crippen molar-refractivity contribution < 1.29 is 4.79 Å². The van der Waals surface area contributed by atoms with Crippen molar-refractivity contribution in [2.75, 3.05) is 5.32 Å². The maximum Gasteiger partial charge on any atom is 0.262 e. The molecule has 2 heterocycles. The number of carbonyl (C=O) groups is 1. The third-order valence-corrected chi connectivity index (χ3v) is 6.53. The van der Waals surface area contributed by atoms with Gasteiger partial charge in [0.25, 0.3) is 5.56 Å². The van der Waals surface area contributed by atoms with Crippen LogP contribution in [0.25, 0.3) is 10.2 Å². The Hall–Kier alpha value is -1.89. The molecule has 0 saturated heterocycles. The van der Waals surface area contributed by atoms with E-state index < -0.39 is 0 Å². The number of rotatable bonds is 3. The van der Waals surface area contributed by atoms with Crippen molar-refractivity contribution in [2.24, 2.45) is 5.92 Å². The first kappa shape index (κ1) is 18.5. The van der Waals surface area contributed by atoms with Crippen molar-refractivity contribution >= 4 is 56.3 Å². The molecule has 140 valence electrons. The summed E-state index contributed by atoms with van der Waals surface area (Å²) in [6.45, 7) is 2.09. The number of benzene rings is 1. The van der Waals surface area contributed by atoms with Crippen molar-refractivity contribution in [3.63, 3.8) is 0 Å². The van der Waals surface area contributed by atoms with Gasteiger partial charge in [-0.15, -0.1) is 11.3 Å². The van der Waals surface area contributed by atoms with Gasteiger partial charge in [0.05, 0.1) is 22.4 Å². The van der Waals surface area contributed by atoms with Crippen LogP contribution in [0.1, 0.15) is 23.8 Å². The summed E-state index contributed by atoms with van der Waals surface area (Å²) in [5.74, 6) is 0.265. The second kappa shape index (κ2) is 7.26. The van der Waals surface area contributed by atoms with E-state index in [1.165, 1.54) is 15.8 Å². The molecule has 8 heteroatoms. The predicted molar refractivity (Wildman–Crippen MR) is 110 cm³/mol. The van der Waals surface area contributed by atoms with Crippen LogP contribution in [0.15, 0.2) is 29.3 Å². The van der Waals surface area contributed by atoms with E-state index in [9.17, 15) is 9.59 Å². The second-order valence-corrected chi connectivity index (χ2v) is 8.81. The van der Waals surface area contributed by atoms with Crippen LogP contribution in [0.2, 0.25) is 10.0 Å². The lowest BCUT2D eigenvalue weighted by Gasteiger charge is -2.17. The van der Waals surface area contributed by atoms with Crippen LogP contribution in [0, 0.1) is 5.92 Å². The lowest BCUT2D eigenvalue weighted by molar-refractivity contribution is -0.116. The molecule has 27 heavy (non-hydrogen) atoms. The summed E-state index contributed by atoms with van der Waals surface area (Å²) in [6, 6.07) is 4.82. The Labute approximate surface area is 169 Å². The molecular weight excluding hydrogens is 405 g/mol. The molecule has 1 amide bonds. The molecule has 0 spiro atoms. The Morgan fingerprint density at radius 2 is 2.22 bits per heavy atom. The molecule has 3 aromatic rings. The average molecular weight is 422 g/mol. The van der Waals surface area contributed by atoms with Crippen LogP contribution in [-0.4, -0.2) is 15.5 Å². The van der Waals surface area contributed by atoms with E-state index in [-0.39, 0.29) is 18.0 Å². The molecule has 1 aliphatic rings. The molecule has 1 aromatic carbocycles. The number of hydrogen-bond acceptors (Lipinski definition) is 4. The van der Waals surface area contributed by atoms with E-state index in [0.29, 0.717) is 27.0 Å². The van der Waals surface area contributed by atoms with Gasteiger partial charge in [0.15, 0.2) is 0 Å². The highest BCUT2D eigenvalue weighted by Gasteiger charge is 2.23. The van der Waals surface area contributed by atoms with Crippen LogP contribution >= 0.6 is 34.5 Å². The maximum absolute atomic E-state index is 13.0. The van der Waals surface area contributed by atoms with Gasteiger partial charge in [-0.05, 0) is 48.9 Å². The fourth-order valence-corrected chi connectivity index (χ4v) is 5.09. The number of aryl methyl sites for hydroxylation is 1. The SMILES string of the molecule is CC1CCc2c(sc3ncn(CC(=O)Nc4cc(Cl)ccc4Cl)c(=O)c23)C1. The molecule has 1 atom stereocenters. The minimum absolute atomic E-state index is 0.133. The first-order valence-electron chi connectivity index (χ1n) is 8.67. The predicted octanol–water partition coefficient (Wildman–Crippen LogP) is 4.53. The summed E-state index contributed by atoms with van der Waals surface area (Å²) in [4.78, 5) is 31.8. The Morgan fingerprint density at radius 1 is 1.41 bits per heavy atom. The molecule has 2 aromatic heterocycles. The number of fused-ring (bicyclic) bond motifs is 3. The fourth-order valence-electron chi connectivity index (χ4n) is 3.42. The zero-order valence-electron chi connectivity index (χ0n) is 14.6. The number of nitrogens with zero attached hydrogens (tertiary/aromatic N) is 2. The van der Waals surface area contributed by atoms with Gasteiger partial charge in [0.1, 0.15) is 11.4 Å². The lowest BCUT2D eigenvalue weighted by Crippen LogP contribution is -2.28. The first-order valence-corrected chi connectivity index (χ1v) is 10.2. The summed E-state index contributed by atoms with van der Waals surface area (Å²) in [5, 5.41) is 4.21. The van der Waals surface area contributed by atoms with E-state index in [4.69, 9.17) is 23.2 Å². The molecule has 4 rings (SSSR count). The van der Waals surface area contributed by atoms with E-state index in [1.54, 1.807) is 29.5 Å². The summed E-state index contributed by atoms with van der Waals surface area (Å²) < 4.78 is 1.35. The monoisotopic (exact) mass is 421 g/mol. The average Bonchev–Trinajstić information content (AvgIpc) is 2.98. The highest BCUT2D eigenvalue weighted by Crippen LogP contribution is 2.35. The summed E-state index contributed by atoms with van der Waals surface area (Å²) in [6.07, 6.45) is 4.39. The van der Waals surface area contributed by atoms with Gasteiger partial charge in [-0.3, -0.25) is 14.2 Å². The number of hydrogen-bond donors (Lipinski definition) is 1.